The summed E-state index contributed by atoms with van der Waals surface area (Å²) in [5.74, 6) is 1.82. The minimum atomic E-state index is 0.766. The normalized spacial score (nSPS) is 11.3. The lowest BCUT2D eigenvalue weighted by molar-refractivity contribution is 0.309. The zero-order valence-electron chi connectivity index (χ0n) is 47.2. The first kappa shape index (κ1) is 57.2. The molecule has 0 atom stereocenters. The van der Waals surface area contributed by atoms with Gasteiger partial charge in [0, 0.05) is 24.9 Å². The highest BCUT2D eigenvalue weighted by molar-refractivity contribution is 5.85. The van der Waals surface area contributed by atoms with Crippen molar-refractivity contribution in [3.8, 4) is 33.8 Å². The smallest absolute Gasteiger partial charge is 0.119 e. The Morgan fingerprint density at radius 2 is 0.512 bits per heavy atom. The van der Waals surface area contributed by atoms with E-state index in [1.54, 1.807) is 0 Å². The van der Waals surface area contributed by atoms with Gasteiger partial charge in [-0.05, 0) is 202 Å². The minimum absolute atomic E-state index is 0.766. The molecule has 0 heterocycles. The number of hydrogen-bond acceptors (Lipinski definition) is 6. The lowest BCUT2D eigenvalue weighted by Gasteiger charge is -2.05. The SMILES string of the molecule is C(=Nc1ccc(CCc2ccc(N=Cc3ccc(-c4ccccc4)cc3)cc2)cc1)c1ccc(-c2ccccc2)cc1.CCCCOc1ccc(C=Nc2ccc(CCc3ccc(N=Cc4ccc(OCCCC)cc4)cc3)cc2)cc1. The van der Waals surface area contributed by atoms with Crippen LogP contribution in [0, 0.1) is 0 Å². The molecule has 0 unspecified atom stereocenters. The van der Waals surface area contributed by atoms with Gasteiger partial charge in [0.2, 0.25) is 0 Å². The molecular weight excluding hydrogens is 1000 g/mol. The van der Waals surface area contributed by atoms with Crippen LogP contribution in [0.4, 0.5) is 22.7 Å². The van der Waals surface area contributed by atoms with Crippen molar-refractivity contribution >= 4 is 47.6 Å². The summed E-state index contributed by atoms with van der Waals surface area (Å²) in [7, 11) is 0. The second-order valence-electron chi connectivity index (χ2n) is 20.2. The van der Waals surface area contributed by atoms with E-state index in [4.69, 9.17) is 9.47 Å². The van der Waals surface area contributed by atoms with Crippen LogP contribution in [-0.2, 0) is 25.7 Å². The van der Waals surface area contributed by atoms with Gasteiger partial charge in [0.05, 0.1) is 36.0 Å². The summed E-state index contributed by atoms with van der Waals surface area (Å²) in [6.45, 7) is 5.86. The number of aliphatic imine (C=N–C) groups is 4. The average molecular weight is 1070 g/mol. The number of nitrogens with zero attached hydrogens (tertiary/aromatic N) is 4. The maximum Gasteiger partial charge on any atom is 0.119 e. The molecule has 0 aliphatic carbocycles. The molecule has 6 heteroatoms. The minimum Gasteiger partial charge on any atom is -0.494 e. The molecule has 0 amide bonds. The van der Waals surface area contributed by atoms with Crippen LogP contribution < -0.4 is 9.47 Å². The number of unbranched alkanes of at least 4 members (excludes halogenated alkanes) is 2. The summed E-state index contributed by atoms with van der Waals surface area (Å²) in [5, 5.41) is 0. The summed E-state index contributed by atoms with van der Waals surface area (Å²) in [4.78, 5) is 18.6. The fourth-order valence-corrected chi connectivity index (χ4v) is 8.92. The second-order valence-corrected chi connectivity index (χ2v) is 20.2. The molecular formula is C76H72N4O2. The molecule has 6 nitrogen and oxygen atoms in total. The Morgan fingerprint density at radius 3 is 0.768 bits per heavy atom. The van der Waals surface area contributed by atoms with E-state index in [1.165, 1.54) is 44.5 Å². The van der Waals surface area contributed by atoms with Gasteiger partial charge in [-0.3, -0.25) is 20.0 Å². The molecule has 82 heavy (non-hydrogen) atoms. The molecule has 10 aromatic carbocycles. The van der Waals surface area contributed by atoms with Crippen LogP contribution in [-0.4, -0.2) is 38.1 Å². The quantitative estimate of drug-likeness (QED) is 0.0447. The molecule has 0 fully saturated rings. The zero-order chi connectivity index (χ0) is 56.2. The molecule has 0 saturated carbocycles. The highest BCUT2D eigenvalue weighted by atomic mass is 16.5. The van der Waals surface area contributed by atoms with E-state index in [-0.39, 0.29) is 0 Å². The van der Waals surface area contributed by atoms with Gasteiger partial charge in [0.1, 0.15) is 11.5 Å². The van der Waals surface area contributed by atoms with Crippen LogP contribution in [0.25, 0.3) is 22.3 Å². The molecule has 0 spiro atoms. The lowest BCUT2D eigenvalue weighted by atomic mass is 10.0. The van der Waals surface area contributed by atoms with Gasteiger partial charge >= 0.3 is 0 Å². The van der Waals surface area contributed by atoms with Gasteiger partial charge in [-0.15, -0.1) is 0 Å². The van der Waals surface area contributed by atoms with Crippen LogP contribution in [0.3, 0.4) is 0 Å². The number of benzene rings is 10. The summed E-state index contributed by atoms with van der Waals surface area (Å²) < 4.78 is 11.5. The van der Waals surface area contributed by atoms with Crippen molar-refractivity contribution in [2.24, 2.45) is 20.0 Å². The molecule has 0 aliphatic heterocycles. The van der Waals surface area contributed by atoms with Gasteiger partial charge in [-0.25, -0.2) is 0 Å². The molecule has 0 aromatic heterocycles. The Balaban J connectivity index is 0.000000198. The fraction of sp³-hybridized carbons (Fsp3) is 0.158. The van der Waals surface area contributed by atoms with Gasteiger partial charge < -0.3 is 9.47 Å². The monoisotopic (exact) mass is 1070 g/mol. The Labute approximate surface area is 486 Å². The predicted octanol–water partition coefficient (Wildman–Crippen LogP) is 19.6. The third kappa shape index (κ3) is 18.8. The molecule has 0 bridgehead atoms. The highest BCUT2D eigenvalue weighted by Crippen LogP contribution is 2.24. The highest BCUT2D eigenvalue weighted by Gasteiger charge is 2.03. The van der Waals surface area contributed by atoms with Gasteiger partial charge in [-0.1, -0.05) is 184 Å². The van der Waals surface area contributed by atoms with Crippen molar-refractivity contribution in [3.05, 3.63) is 299 Å². The summed E-state index contributed by atoms with van der Waals surface area (Å²) in [6, 6.07) is 88.1. The molecule has 408 valence electrons. The third-order valence-electron chi connectivity index (χ3n) is 13.9. The van der Waals surface area contributed by atoms with Crippen molar-refractivity contribution in [2.75, 3.05) is 13.2 Å². The largest absolute Gasteiger partial charge is 0.494 e. The van der Waals surface area contributed by atoms with Crippen molar-refractivity contribution in [1.29, 1.82) is 0 Å². The maximum atomic E-state index is 5.73. The average Bonchev–Trinajstić information content (AvgIpc) is 3.54. The number of rotatable bonds is 24. The Kier molecular flexibility index (Phi) is 21.8. The van der Waals surface area contributed by atoms with E-state index >= 15 is 0 Å². The van der Waals surface area contributed by atoms with Crippen LogP contribution in [0.5, 0.6) is 11.5 Å². The Hall–Kier alpha value is -9.52. The van der Waals surface area contributed by atoms with E-state index in [2.05, 4.69) is 228 Å². The van der Waals surface area contributed by atoms with Crippen molar-refractivity contribution in [2.45, 2.75) is 65.2 Å². The first-order valence-corrected chi connectivity index (χ1v) is 28.8. The van der Waals surface area contributed by atoms with Crippen molar-refractivity contribution < 1.29 is 9.47 Å². The van der Waals surface area contributed by atoms with E-state index in [0.717, 1.165) is 121 Å². The first-order valence-electron chi connectivity index (χ1n) is 28.8. The van der Waals surface area contributed by atoms with E-state index in [0.29, 0.717) is 0 Å². The number of hydrogen-bond donors (Lipinski definition) is 0. The van der Waals surface area contributed by atoms with E-state index < -0.39 is 0 Å². The van der Waals surface area contributed by atoms with Gasteiger partial charge in [0.25, 0.3) is 0 Å². The molecule has 0 saturated heterocycles. The molecule has 10 rings (SSSR count). The standard InChI is InChI=1S/C40H32N2.C36H40N2O2/c1-3-7-35(8-4-1)37-21-13-33(14-22-37)29-41-39-25-17-31(18-26-39)11-12-32-19-27-40(28-20-32)42-30-34-15-23-38(24-16-34)36-9-5-2-6-10-36;1-3-5-25-39-35-21-13-31(14-22-35)27-37-33-17-9-29(10-18-33)7-8-30-11-19-34(20-12-30)38-28-32-15-23-36(24-16-32)40-26-6-4-2/h1-10,13-30H,11-12H2;9-24,27-28H,3-8,25-26H2,1-2H3. The topological polar surface area (TPSA) is 67.9 Å². The third-order valence-corrected chi connectivity index (χ3v) is 13.9. The van der Waals surface area contributed by atoms with Crippen LogP contribution in [0.1, 0.15) is 84.0 Å². The van der Waals surface area contributed by atoms with E-state index in [1.807, 2.05) is 85.5 Å². The van der Waals surface area contributed by atoms with Crippen molar-refractivity contribution in [1.82, 2.24) is 0 Å². The molecule has 0 aliphatic rings. The Bertz CT molecular complexity index is 3310. The maximum absolute atomic E-state index is 5.73. The van der Waals surface area contributed by atoms with Gasteiger partial charge in [0.15, 0.2) is 0 Å². The summed E-state index contributed by atoms with van der Waals surface area (Å²) >= 11 is 0. The predicted molar refractivity (Wildman–Crippen MR) is 347 cm³/mol. The van der Waals surface area contributed by atoms with Gasteiger partial charge in [-0.2, -0.15) is 0 Å². The lowest BCUT2D eigenvalue weighted by Crippen LogP contribution is -1.96. The number of aryl methyl sites for hydroxylation is 4. The zero-order valence-corrected chi connectivity index (χ0v) is 47.2. The second kappa shape index (κ2) is 31.3. The fourth-order valence-electron chi connectivity index (χ4n) is 8.92. The van der Waals surface area contributed by atoms with Crippen LogP contribution in [0.15, 0.2) is 275 Å². The molecule has 0 N–H and O–H groups in total. The Morgan fingerprint density at radius 1 is 0.268 bits per heavy atom. The summed E-state index contributed by atoms with van der Waals surface area (Å²) in [5.41, 5.74) is 18.2. The van der Waals surface area contributed by atoms with Crippen molar-refractivity contribution in [3.63, 3.8) is 0 Å². The van der Waals surface area contributed by atoms with E-state index in [9.17, 15) is 0 Å². The summed E-state index contributed by atoms with van der Waals surface area (Å²) in [6.07, 6.45) is 16.0. The molecule has 0 radical (unpaired) electrons. The van der Waals surface area contributed by atoms with Crippen LogP contribution >= 0.6 is 0 Å². The van der Waals surface area contributed by atoms with Crippen LogP contribution in [0.2, 0.25) is 0 Å². The first-order chi connectivity index (χ1) is 40.5. The molecule has 10 aromatic rings. The number of ether oxygens (including phenoxy) is 2.